The van der Waals surface area contributed by atoms with Gasteiger partial charge in [0, 0.05) is 40.4 Å². The molecular formula is C45H48N4O. The standard InChI is InChI=1S/C45H48N4O/c1-10-32-20-29(7)21-33(11-2)45(32)44-30(8)47-49(31(44)9)36-22-35(28(5)6)23-38(25-36)50-37-16-17-40-39-14-12-13-15-41(39)48(42(40)26-37)43-24-34(27(3)4)18-19-46-43/h12-28H,10-11H2,1-9H3. The second-order valence-corrected chi connectivity index (χ2v) is 14.3. The summed E-state index contributed by atoms with van der Waals surface area (Å²) in [5.41, 5.74) is 14.5. The summed E-state index contributed by atoms with van der Waals surface area (Å²) in [6.45, 7) is 19.9. The Morgan fingerprint density at radius 3 is 2.06 bits per heavy atom. The SMILES string of the molecule is CCc1cc(C)cc(CC)c1-c1c(C)nn(-c2cc(Oc3ccc4c5ccccc5n(-c5cc(C(C)C)ccn5)c4c3)cc(C(C)C)c2)c1C. The molecule has 0 aliphatic rings. The van der Waals surface area contributed by atoms with Crippen LogP contribution in [0.2, 0.25) is 0 Å². The maximum Gasteiger partial charge on any atom is 0.137 e. The molecule has 0 fully saturated rings. The molecule has 7 aromatic rings. The van der Waals surface area contributed by atoms with Gasteiger partial charge >= 0.3 is 0 Å². The van der Waals surface area contributed by atoms with E-state index in [4.69, 9.17) is 14.8 Å². The van der Waals surface area contributed by atoms with Crippen LogP contribution in [0, 0.1) is 20.8 Å². The topological polar surface area (TPSA) is 44.9 Å². The van der Waals surface area contributed by atoms with E-state index in [-0.39, 0.29) is 0 Å². The number of fused-ring (bicyclic) bond motifs is 3. The minimum absolute atomic E-state index is 0.313. The van der Waals surface area contributed by atoms with Crippen molar-refractivity contribution in [3.8, 4) is 34.1 Å². The van der Waals surface area contributed by atoms with Gasteiger partial charge in [-0.2, -0.15) is 5.10 Å². The molecule has 4 aromatic carbocycles. The molecule has 0 saturated carbocycles. The highest BCUT2D eigenvalue weighted by atomic mass is 16.5. The van der Waals surface area contributed by atoms with Gasteiger partial charge in [0.15, 0.2) is 0 Å². The molecule has 5 nitrogen and oxygen atoms in total. The van der Waals surface area contributed by atoms with Gasteiger partial charge < -0.3 is 4.74 Å². The van der Waals surface area contributed by atoms with E-state index in [1.807, 2.05) is 6.20 Å². The maximum absolute atomic E-state index is 6.76. The van der Waals surface area contributed by atoms with E-state index in [9.17, 15) is 0 Å². The van der Waals surface area contributed by atoms with Crippen molar-refractivity contribution >= 4 is 21.8 Å². The van der Waals surface area contributed by atoms with Crippen LogP contribution in [-0.4, -0.2) is 19.3 Å². The van der Waals surface area contributed by atoms with Crippen molar-refractivity contribution in [1.82, 2.24) is 19.3 Å². The van der Waals surface area contributed by atoms with Crippen molar-refractivity contribution < 1.29 is 4.74 Å². The number of hydrogen-bond acceptors (Lipinski definition) is 3. The van der Waals surface area contributed by atoms with E-state index in [0.29, 0.717) is 11.8 Å². The summed E-state index contributed by atoms with van der Waals surface area (Å²) in [5.74, 6) is 3.20. The van der Waals surface area contributed by atoms with Gasteiger partial charge in [-0.15, -0.1) is 0 Å². The van der Waals surface area contributed by atoms with Crippen LogP contribution in [-0.2, 0) is 12.8 Å². The Labute approximate surface area is 296 Å². The van der Waals surface area contributed by atoms with Gasteiger partial charge in [-0.25, -0.2) is 9.67 Å². The summed E-state index contributed by atoms with van der Waals surface area (Å²) in [5, 5.41) is 7.53. The number of nitrogens with zero attached hydrogens (tertiary/aromatic N) is 4. The van der Waals surface area contributed by atoms with Crippen LogP contribution in [0.5, 0.6) is 11.5 Å². The number of ether oxygens (including phenoxy) is 1. The van der Waals surface area contributed by atoms with Crippen molar-refractivity contribution in [2.75, 3.05) is 0 Å². The fourth-order valence-electron chi connectivity index (χ4n) is 7.51. The zero-order chi connectivity index (χ0) is 35.3. The molecule has 0 atom stereocenters. The molecule has 0 bridgehead atoms. The van der Waals surface area contributed by atoms with Crippen LogP contribution in [0.25, 0.3) is 44.4 Å². The molecule has 3 heterocycles. The fourth-order valence-corrected chi connectivity index (χ4v) is 7.51. The smallest absolute Gasteiger partial charge is 0.137 e. The lowest BCUT2D eigenvalue weighted by Gasteiger charge is -2.17. The molecule has 0 aliphatic carbocycles. The quantitative estimate of drug-likeness (QED) is 0.155. The molecule has 0 N–H and O–H groups in total. The summed E-state index contributed by atoms with van der Waals surface area (Å²) >= 11 is 0. The number of benzene rings is 4. The summed E-state index contributed by atoms with van der Waals surface area (Å²) in [6, 6.07) is 30.5. The Balaban J connectivity index is 1.34. The van der Waals surface area contributed by atoms with Gasteiger partial charge in [0.2, 0.25) is 0 Å². The number of rotatable bonds is 9. The lowest BCUT2D eigenvalue weighted by molar-refractivity contribution is 0.481. The number of aryl methyl sites for hydroxylation is 4. The zero-order valence-electron chi connectivity index (χ0n) is 30.9. The summed E-state index contributed by atoms with van der Waals surface area (Å²) in [7, 11) is 0. The normalized spacial score (nSPS) is 11.8. The monoisotopic (exact) mass is 660 g/mol. The third kappa shape index (κ3) is 5.89. The van der Waals surface area contributed by atoms with Gasteiger partial charge in [0.05, 0.1) is 22.4 Å². The second-order valence-electron chi connectivity index (χ2n) is 14.3. The van der Waals surface area contributed by atoms with Crippen LogP contribution < -0.4 is 4.74 Å². The van der Waals surface area contributed by atoms with Crippen molar-refractivity contribution in [3.63, 3.8) is 0 Å². The summed E-state index contributed by atoms with van der Waals surface area (Å²) in [4.78, 5) is 4.83. The van der Waals surface area contributed by atoms with Gasteiger partial charge in [0.1, 0.15) is 17.3 Å². The first-order valence-corrected chi connectivity index (χ1v) is 18.1. The van der Waals surface area contributed by atoms with Crippen LogP contribution in [0.3, 0.4) is 0 Å². The molecule has 0 amide bonds. The Hall–Kier alpha value is -5.16. The van der Waals surface area contributed by atoms with Gasteiger partial charge in [0.25, 0.3) is 0 Å². The minimum Gasteiger partial charge on any atom is -0.457 e. The zero-order valence-corrected chi connectivity index (χ0v) is 30.9. The first-order chi connectivity index (χ1) is 24.1. The predicted octanol–water partition coefficient (Wildman–Crippen LogP) is 12.1. The molecular weight excluding hydrogens is 613 g/mol. The van der Waals surface area contributed by atoms with E-state index in [1.165, 1.54) is 49.7 Å². The highest BCUT2D eigenvalue weighted by Gasteiger charge is 2.21. The molecule has 254 valence electrons. The Morgan fingerprint density at radius 1 is 0.660 bits per heavy atom. The molecule has 0 radical (unpaired) electrons. The lowest BCUT2D eigenvalue weighted by atomic mass is 9.89. The predicted molar refractivity (Wildman–Crippen MR) is 209 cm³/mol. The average Bonchev–Trinajstić information content (AvgIpc) is 3.59. The summed E-state index contributed by atoms with van der Waals surface area (Å²) in [6.07, 6.45) is 3.88. The Bertz CT molecular complexity index is 2350. The number of hydrogen-bond donors (Lipinski definition) is 0. The molecule has 3 aromatic heterocycles. The van der Waals surface area contributed by atoms with E-state index in [0.717, 1.165) is 58.3 Å². The molecule has 5 heteroatoms. The van der Waals surface area contributed by atoms with E-state index < -0.39 is 0 Å². The second kappa shape index (κ2) is 13.3. The maximum atomic E-state index is 6.76. The Morgan fingerprint density at radius 2 is 1.36 bits per heavy atom. The molecule has 50 heavy (non-hydrogen) atoms. The van der Waals surface area contributed by atoms with Crippen LogP contribution in [0.4, 0.5) is 0 Å². The third-order valence-electron chi connectivity index (χ3n) is 10.1. The van der Waals surface area contributed by atoms with E-state index in [1.54, 1.807) is 0 Å². The first kappa shape index (κ1) is 33.3. The van der Waals surface area contributed by atoms with Gasteiger partial charge in [-0.1, -0.05) is 77.4 Å². The van der Waals surface area contributed by atoms with Crippen LogP contribution >= 0.6 is 0 Å². The van der Waals surface area contributed by atoms with Crippen LogP contribution in [0.15, 0.2) is 91.1 Å². The molecule has 7 rings (SSSR count). The largest absolute Gasteiger partial charge is 0.457 e. The van der Waals surface area contributed by atoms with Crippen molar-refractivity contribution in [1.29, 1.82) is 0 Å². The molecule has 0 aliphatic heterocycles. The van der Waals surface area contributed by atoms with Crippen molar-refractivity contribution in [3.05, 3.63) is 130 Å². The highest BCUT2D eigenvalue weighted by Crippen LogP contribution is 2.39. The van der Waals surface area contributed by atoms with E-state index >= 15 is 0 Å². The fraction of sp³-hybridized carbons (Fsp3) is 0.289. The molecule has 0 spiro atoms. The van der Waals surface area contributed by atoms with Crippen molar-refractivity contribution in [2.24, 2.45) is 0 Å². The number of para-hydroxylation sites is 1. The average molecular weight is 661 g/mol. The van der Waals surface area contributed by atoms with E-state index in [2.05, 4.69) is 156 Å². The number of aromatic nitrogens is 4. The van der Waals surface area contributed by atoms with Gasteiger partial charge in [-0.05, 0) is 116 Å². The number of pyridine rings is 1. The lowest BCUT2D eigenvalue weighted by Crippen LogP contribution is -2.03. The van der Waals surface area contributed by atoms with Crippen molar-refractivity contribution in [2.45, 2.75) is 87.0 Å². The minimum atomic E-state index is 0.313. The molecule has 0 saturated heterocycles. The first-order valence-electron chi connectivity index (χ1n) is 18.1. The van der Waals surface area contributed by atoms with Crippen LogP contribution in [0.1, 0.15) is 92.6 Å². The Kier molecular flexibility index (Phi) is 8.86. The third-order valence-corrected chi connectivity index (χ3v) is 10.1. The molecule has 0 unspecified atom stereocenters. The van der Waals surface area contributed by atoms with Gasteiger partial charge in [-0.3, -0.25) is 4.57 Å². The highest BCUT2D eigenvalue weighted by molar-refractivity contribution is 6.09. The summed E-state index contributed by atoms with van der Waals surface area (Å²) < 4.78 is 11.1.